The zero-order valence-electron chi connectivity index (χ0n) is 19.4. The van der Waals surface area contributed by atoms with Crippen molar-refractivity contribution < 1.29 is 22.7 Å². The smallest absolute Gasteiger partial charge is 0.261 e. The summed E-state index contributed by atoms with van der Waals surface area (Å²) in [6, 6.07) is 21.0. The molecule has 1 aliphatic rings. The summed E-state index contributed by atoms with van der Waals surface area (Å²) in [7, 11) is -2.34. The lowest BCUT2D eigenvalue weighted by atomic mass is 10.0. The molecule has 2 atom stereocenters. The third kappa shape index (κ3) is 5.24. The molecule has 1 N–H and O–H groups in total. The second-order valence-electron chi connectivity index (χ2n) is 8.37. The number of anilines is 1. The van der Waals surface area contributed by atoms with Gasteiger partial charge in [-0.1, -0.05) is 36.4 Å². The van der Waals surface area contributed by atoms with Crippen molar-refractivity contribution in [1.82, 2.24) is 4.90 Å². The fourth-order valence-electron chi connectivity index (χ4n) is 4.01. The van der Waals surface area contributed by atoms with E-state index < -0.39 is 10.0 Å². The van der Waals surface area contributed by atoms with Crippen molar-refractivity contribution in [3.05, 3.63) is 89.5 Å². The van der Waals surface area contributed by atoms with Crippen LogP contribution in [0, 0.1) is 6.92 Å². The lowest BCUT2D eigenvalue weighted by Gasteiger charge is -2.37. The van der Waals surface area contributed by atoms with Crippen LogP contribution < -0.4 is 9.46 Å². The first-order chi connectivity index (χ1) is 16.3. The zero-order chi connectivity index (χ0) is 24.3. The van der Waals surface area contributed by atoms with Crippen LogP contribution in [0.2, 0.25) is 0 Å². The minimum absolute atomic E-state index is 0.0261. The molecular weight excluding hydrogens is 452 g/mol. The van der Waals surface area contributed by atoms with E-state index in [1.165, 1.54) is 12.1 Å². The van der Waals surface area contributed by atoms with Gasteiger partial charge in [0.05, 0.1) is 24.7 Å². The molecule has 4 rings (SSSR count). The van der Waals surface area contributed by atoms with Gasteiger partial charge in [-0.15, -0.1) is 0 Å². The summed E-state index contributed by atoms with van der Waals surface area (Å²) in [5.74, 6) is 0.412. The number of aryl methyl sites for hydroxylation is 1. The van der Waals surface area contributed by atoms with Gasteiger partial charge in [-0.05, 0) is 61.4 Å². The molecule has 0 bridgehead atoms. The molecule has 178 valence electrons. The number of amides is 1. The van der Waals surface area contributed by atoms with Gasteiger partial charge < -0.3 is 14.4 Å². The number of sulfonamides is 1. The van der Waals surface area contributed by atoms with E-state index in [0.717, 1.165) is 5.56 Å². The molecule has 0 saturated carbocycles. The number of carbonyl (C=O) groups is 1. The molecule has 0 spiro atoms. The third-order valence-electron chi connectivity index (χ3n) is 5.81. The molecule has 34 heavy (non-hydrogen) atoms. The summed E-state index contributed by atoms with van der Waals surface area (Å²) in [4.78, 5) is 15.3. The molecule has 7 nitrogen and oxygen atoms in total. The number of hydrogen-bond donors (Lipinski definition) is 1. The Bertz CT molecular complexity index is 1260. The SMILES string of the molecule is COc1ccc(NS(=O)(=O)c2ccc(C)c(C(=O)N3CC(C)OC(c4ccccc4)C3)c2)cc1. The third-order valence-corrected chi connectivity index (χ3v) is 7.19. The first-order valence-electron chi connectivity index (χ1n) is 11.0. The molecule has 1 saturated heterocycles. The Morgan fingerprint density at radius 1 is 1.03 bits per heavy atom. The van der Waals surface area contributed by atoms with Crippen LogP contribution in [0.1, 0.15) is 34.5 Å². The number of ether oxygens (including phenoxy) is 2. The molecule has 1 heterocycles. The van der Waals surface area contributed by atoms with Gasteiger partial charge in [-0.2, -0.15) is 0 Å². The number of hydrogen-bond acceptors (Lipinski definition) is 5. The zero-order valence-corrected chi connectivity index (χ0v) is 20.2. The van der Waals surface area contributed by atoms with Crippen LogP contribution in [0.5, 0.6) is 5.75 Å². The topological polar surface area (TPSA) is 84.9 Å². The largest absolute Gasteiger partial charge is 0.497 e. The van der Waals surface area contributed by atoms with E-state index in [9.17, 15) is 13.2 Å². The number of morpholine rings is 1. The highest BCUT2D eigenvalue weighted by Gasteiger charge is 2.31. The number of carbonyl (C=O) groups excluding carboxylic acids is 1. The van der Waals surface area contributed by atoms with E-state index in [1.54, 1.807) is 49.3 Å². The molecule has 1 amide bonds. The number of benzene rings is 3. The van der Waals surface area contributed by atoms with Crippen LogP contribution in [0.4, 0.5) is 5.69 Å². The molecule has 0 aliphatic carbocycles. The van der Waals surface area contributed by atoms with E-state index in [4.69, 9.17) is 9.47 Å². The van der Waals surface area contributed by atoms with Gasteiger partial charge in [0, 0.05) is 17.8 Å². The van der Waals surface area contributed by atoms with E-state index >= 15 is 0 Å². The number of nitrogens with one attached hydrogen (secondary N) is 1. The van der Waals surface area contributed by atoms with Crippen LogP contribution in [-0.2, 0) is 14.8 Å². The maximum atomic E-state index is 13.5. The van der Waals surface area contributed by atoms with Crippen molar-refractivity contribution in [1.29, 1.82) is 0 Å². The van der Waals surface area contributed by atoms with E-state index in [1.807, 2.05) is 37.3 Å². The van der Waals surface area contributed by atoms with Gasteiger partial charge in [0.1, 0.15) is 11.9 Å². The van der Waals surface area contributed by atoms with Gasteiger partial charge >= 0.3 is 0 Å². The Labute approximate surface area is 200 Å². The van der Waals surface area contributed by atoms with Gasteiger partial charge in [0.25, 0.3) is 15.9 Å². The standard InChI is InChI=1S/C26H28N2O5S/c1-18-9-14-23(34(30,31)27-21-10-12-22(32-3)13-11-21)15-24(18)26(29)28-16-19(2)33-25(17-28)20-7-5-4-6-8-20/h4-15,19,25,27H,16-17H2,1-3H3. The monoisotopic (exact) mass is 480 g/mol. The average Bonchev–Trinajstić information content (AvgIpc) is 2.84. The second kappa shape index (κ2) is 9.87. The lowest BCUT2D eigenvalue weighted by Crippen LogP contribution is -2.46. The molecule has 0 aromatic heterocycles. The van der Waals surface area contributed by atoms with Crippen molar-refractivity contribution in [2.45, 2.75) is 31.0 Å². The Balaban J connectivity index is 1.57. The Morgan fingerprint density at radius 3 is 2.41 bits per heavy atom. The van der Waals surface area contributed by atoms with Crippen LogP contribution in [0.25, 0.3) is 0 Å². The number of rotatable bonds is 6. The quantitative estimate of drug-likeness (QED) is 0.565. The minimum atomic E-state index is -3.89. The predicted molar refractivity (Wildman–Crippen MR) is 131 cm³/mol. The van der Waals surface area contributed by atoms with Gasteiger partial charge in [-0.3, -0.25) is 9.52 Å². The van der Waals surface area contributed by atoms with Gasteiger partial charge in [-0.25, -0.2) is 8.42 Å². The fraction of sp³-hybridized carbons (Fsp3) is 0.269. The molecule has 0 radical (unpaired) electrons. The summed E-state index contributed by atoms with van der Waals surface area (Å²) in [5, 5.41) is 0. The summed E-state index contributed by atoms with van der Waals surface area (Å²) < 4.78 is 39.8. The van der Waals surface area contributed by atoms with Crippen LogP contribution >= 0.6 is 0 Å². The highest BCUT2D eigenvalue weighted by Crippen LogP contribution is 2.28. The van der Waals surface area contributed by atoms with Crippen LogP contribution in [0.3, 0.4) is 0 Å². The fourth-order valence-corrected chi connectivity index (χ4v) is 5.10. The molecule has 8 heteroatoms. The Morgan fingerprint density at radius 2 is 1.74 bits per heavy atom. The normalized spacial score (nSPS) is 18.4. The summed E-state index contributed by atoms with van der Waals surface area (Å²) in [6.07, 6.45) is -0.385. The van der Waals surface area contributed by atoms with Gasteiger partial charge in [0.15, 0.2) is 0 Å². The lowest BCUT2D eigenvalue weighted by molar-refractivity contribution is -0.0692. The Hall–Kier alpha value is -3.36. The van der Waals surface area contributed by atoms with Crippen molar-refractivity contribution in [3.63, 3.8) is 0 Å². The maximum Gasteiger partial charge on any atom is 0.261 e. The van der Waals surface area contributed by atoms with E-state index in [-0.39, 0.29) is 23.0 Å². The summed E-state index contributed by atoms with van der Waals surface area (Å²) in [6.45, 7) is 4.57. The highest BCUT2D eigenvalue weighted by molar-refractivity contribution is 7.92. The highest BCUT2D eigenvalue weighted by atomic mass is 32.2. The maximum absolute atomic E-state index is 13.5. The van der Waals surface area contributed by atoms with Crippen molar-refractivity contribution >= 4 is 21.6 Å². The Kier molecular flexibility index (Phi) is 6.90. The first kappa shape index (κ1) is 23.8. The molecule has 2 unspecified atom stereocenters. The summed E-state index contributed by atoms with van der Waals surface area (Å²) in [5.41, 5.74) is 2.48. The van der Waals surface area contributed by atoms with E-state index in [2.05, 4.69) is 4.72 Å². The van der Waals surface area contributed by atoms with Crippen molar-refractivity contribution in [3.8, 4) is 5.75 Å². The summed E-state index contributed by atoms with van der Waals surface area (Å²) >= 11 is 0. The minimum Gasteiger partial charge on any atom is -0.497 e. The van der Waals surface area contributed by atoms with Crippen molar-refractivity contribution in [2.75, 3.05) is 24.9 Å². The predicted octanol–water partition coefficient (Wildman–Crippen LogP) is 4.41. The van der Waals surface area contributed by atoms with Gasteiger partial charge in [0.2, 0.25) is 0 Å². The molecule has 3 aromatic rings. The molecule has 1 aliphatic heterocycles. The molecule has 3 aromatic carbocycles. The van der Waals surface area contributed by atoms with E-state index in [0.29, 0.717) is 35.7 Å². The van der Waals surface area contributed by atoms with Crippen LogP contribution in [-0.4, -0.2) is 45.5 Å². The molecule has 1 fully saturated rings. The van der Waals surface area contributed by atoms with Crippen molar-refractivity contribution in [2.24, 2.45) is 0 Å². The first-order valence-corrected chi connectivity index (χ1v) is 12.5. The second-order valence-corrected chi connectivity index (χ2v) is 10.0. The number of nitrogens with zero attached hydrogens (tertiary/aromatic N) is 1. The average molecular weight is 481 g/mol. The van der Waals surface area contributed by atoms with Crippen LogP contribution in [0.15, 0.2) is 77.7 Å². The molecular formula is C26H28N2O5S. The number of methoxy groups -OCH3 is 1.